The van der Waals surface area contributed by atoms with Crippen molar-refractivity contribution in [2.45, 2.75) is 52.2 Å². The van der Waals surface area contributed by atoms with Gasteiger partial charge in [-0.25, -0.2) is 0 Å². The quantitative estimate of drug-likeness (QED) is 0.548. The molecule has 1 saturated carbocycles. The number of amides is 1. The standard InChI is InChI=1S/C25H28N2O2/c1-18-6-5-8-21(14-18)17-29-23-12-10-20(11-13-23)15-22(16-26)25(28)27-24-9-4-3-7-19(24)2/h5-6,8,10-15,19,24H,3-4,7,9,17H2,1-2H3,(H,27,28)/b22-15+/t19-,24+/m0/s1. The summed E-state index contributed by atoms with van der Waals surface area (Å²) in [5.74, 6) is 0.922. The molecule has 1 fully saturated rings. The number of ether oxygens (including phenoxy) is 1. The van der Waals surface area contributed by atoms with E-state index in [4.69, 9.17) is 4.74 Å². The smallest absolute Gasteiger partial charge is 0.262 e. The fourth-order valence-corrected chi connectivity index (χ4v) is 3.72. The molecule has 3 rings (SSSR count). The average molecular weight is 389 g/mol. The highest BCUT2D eigenvalue weighted by molar-refractivity contribution is 6.01. The van der Waals surface area contributed by atoms with Gasteiger partial charge in [0.25, 0.3) is 5.91 Å². The van der Waals surface area contributed by atoms with Gasteiger partial charge in [-0.15, -0.1) is 0 Å². The Bertz CT molecular complexity index is 909. The molecule has 1 amide bonds. The molecule has 0 unspecified atom stereocenters. The van der Waals surface area contributed by atoms with E-state index in [1.807, 2.05) is 42.5 Å². The van der Waals surface area contributed by atoms with Gasteiger partial charge in [-0.3, -0.25) is 4.79 Å². The molecule has 1 N–H and O–H groups in total. The van der Waals surface area contributed by atoms with E-state index in [-0.39, 0.29) is 17.5 Å². The van der Waals surface area contributed by atoms with Crippen molar-refractivity contribution in [3.8, 4) is 11.8 Å². The van der Waals surface area contributed by atoms with E-state index in [9.17, 15) is 10.1 Å². The van der Waals surface area contributed by atoms with Crippen molar-refractivity contribution >= 4 is 12.0 Å². The van der Waals surface area contributed by atoms with E-state index in [1.54, 1.807) is 6.08 Å². The number of rotatable bonds is 6. The van der Waals surface area contributed by atoms with Crippen molar-refractivity contribution in [3.63, 3.8) is 0 Å². The van der Waals surface area contributed by atoms with Gasteiger partial charge in [0.2, 0.25) is 0 Å². The highest BCUT2D eigenvalue weighted by Gasteiger charge is 2.24. The number of carbonyl (C=O) groups excluding carboxylic acids is 1. The zero-order valence-corrected chi connectivity index (χ0v) is 17.2. The van der Waals surface area contributed by atoms with E-state index in [2.05, 4.69) is 31.3 Å². The van der Waals surface area contributed by atoms with Gasteiger partial charge >= 0.3 is 0 Å². The molecule has 4 heteroatoms. The van der Waals surface area contributed by atoms with Gasteiger partial charge in [-0.1, -0.05) is 61.7 Å². The third kappa shape index (κ3) is 5.96. The average Bonchev–Trinajstić information content (AvgIpc) is 2.73. The lowest BCUT2D eigenvalue weighted by Gasteiger charge is -2.29. The van der Waals surface area contributed by atoms with E-state index in [0.717, 1.165) is 36.1 Å². The van der Waals surface area contributed by atoms with Crippen molar-refractivity contribution in [2.75, 3.05) is 0 Å². The van der Waals surface area contributed by atoms with Crippen LogP contribution < -0.4 is 10.1 Å². The van der Waals surface area contributed by atoms with Crippen molar-refractivity contribution in [3.05, 3.63) is 70.8 Å². The van der Waals surface area contributed by atoms with Crippen LogP contribution in [0.4, 0.5) is 0 Å². The fourth-order valence-electron chi connectivity index (χ4n) is 3.72. The maximum absolute atomic E-state index is 12.5. The number of nitrogens with zero attached hydrogens (tertiary/aromatic N) is 1. The second kappa shape index (κ2) is 9.93. The lowest BCUT2D eigenvalue weighted by Crippen LogP contribution is -2.41. The zero-order chi connectivity index (χ0) is 20.6. The molecule has 4 nitrogen and oxygen atoms in total. The molecule has 0 aliphatic heterocycles. The van der Waals surface area contributed by atoms with Crippen molar-refractivity contribution in [1.29, 1.82) is 5.26 Å². The highest BCUT2D eigenvalue weighted by Crippen LogP contribution is 2.24. The molecule has 0 aromatic heterocycles. The molecule has 0 saturated heterocycles. The Morgan fingerprint density at radius 1 is 1.21 bits per heavy atom. The van der Waals surface area contributed by atoms with Gasteiger partial charge in [-0.05, 0) is 55.0 Å². The maximum Gasteiger partial charge on any atom is 0.262 e. The predicted molar refractivity (Wildman–Crippen MR) is 115 cm³/mol. The first kappa shape index (κ1) is 20.7. The number of nitrogens with one attached hydrogen (secondary N) is 1. The largest absolute Gasteiger partial charge is 0.489 e. The van der Waals surface area contributed by atoms with Crippen LogP contribution in [0.1, 0.15) is 49.3 Å². The molecule has 2 aromatic rings. The third-order valence-electron chi connectivity index (χ3n) is 5.47. The van der Waals surface area contributed by atoms with Gasteiger partial charge in [0.1, 0.15) is 24.0 Å². The van der Waals surface area contributed by atoms with Crippen LogP contribution in [0.2, 0.25) is 0 Å². The number of aryl methyl sites for hydroxylation is 1. The summed E-state index contributed by atoms with van der Waals surface area (Å²) in [6.07, 6.45) is 6.09. The Labute approximate surface area is 173 Å². The Hall–Kier alpha value is -3.06. The van der Waals surface area contributed by atoms with E-state index >= 15 is 0 Å². The molecule has 2 atom stereocenters. The van der Waals surface area contributed by atoms with E-state index in [0.29, 0.717) is 12.5 Å². The number of carbonyl (C=O) groups is 1. The number of hydrogen-bond acceptors (Lipinski definition) is 3. The lowest BCUT2D eigenvalue weighted by atomic mass is 9.86. The summed E-state index contributed by atoms with van der Waals surface area (Å²) < 4.78 is 5.83. The molecule has 0 radical (unpaired) electrons. The van der Waals surface area contributed by atoms with Crippen LogP contribution in [0.25, 0.3) is 6.08 Å². The molecule has 29 heavy (non-hydrogen) atoms. The minimum atomic E-state index is -0.286. The number of nitriles is 1. The Balaban J connectivity index is 1.60. The third-order valence-corrected chi connectivity index (χ3v) is 5.47. The summed E-state index contributed by atoms with van der Waals surface area (Å²) in [6.45, 7) is 4.72. The number of benzene rings is 2. The summed E-state index contributed by atoms with van der Waals surface area (Å²) in [7, 11) is 0. The first-order valence-electron chi connectivity index (χ1n) is 10.3. The Kier molecular flexibility index (Phi) is 7.08. The molecule has 1 aliphatic rings. The molecule has 150 valence electrons. The minimum absolute atomic E-state index is 0.135. The summed E-state index contributed by atoms with van der Waals surface area (Å²) >= 11 is 0. The highest BCUT2D eigenvalue weighted by atomic mass is 16.5. The first-order chi connectivity index (χ1) is 14.0. The van der Waals surface area contributed by atoms with Gasteiger partial charge < -0.3 is 10.1 Å². The Morgan fingerprint density at radius 2 is 1.97 bits per heavy atom. The molecule has 1 aliphatic carbocycles. The summed E-state index contributed by atoms with van der Waals surface area (Å²) in [4.78, 5) is 12.5. The summed E-state index contributed by atoms with van der Waals surface area (Å²) in [5, 5.41) is 12.5. The van der Waals surface area contributed by atoms with Gasteiger partial charge in [0.05, 0.1) is 0 Å². The maximum atomic E-state index is 12.5. The van der Waals surface area contributed by atoms with E-state index < -0.39 is 0 Å². The normalized spacial score (nSPS) is 19.3. The number of hydrogen-bond donors (Lipinski definition) is 1. The SMILES string of the molecule is Cc1cccc(COc2ccc(/C=C(\C#N)C(=O)N[C@@H]3CCCC[C@@H]3C)cc2)c1. The molecular weight excluding hydrogens is 360 g/mol. The second-order valence-electron chi connectivity index (χ2n) is 7.86. The van der Waals surface area contributed by atoms with Crippen LogP contribution in [-0.4, -0.2) is 11.9 Å². The summed E-state index contributed by atoms with van der Waals surface area (Å²) in [6, 6.07) is 17.8. The van der Waals surface area contributed by atoms with Gasteiger partial charge in [-0.2, -0.15) is 5.26 Å². The van der Waals surface area contributed by atoms with E-state index in [1.165, 1.54) is 12.0 Å². The molecule has 2 aromatic carbocycles. The van der Waals surface area contributed by atoms with Crippen LogP contribution in [0.5, 0.6) is 5.75 Å². The molecular formula is C25H28N2O2. The predicted octanol–water partition coefficient (Wildman–Crippen LogP) is 5.18. The Morgan fingerprint density at radius 3 is 2.66 bits per heavy atom. The van der Waals surface area contributed by atoms with Crippen LogP contribution >= 0.6 is 0 Å². The molecule has 0 bridgehead atoms. The van der Waals surface area contributed by atoms with Crippen LogP contribution in [0, 0.1) is 24.2 Å². The lowest BCUT2D eigenvalue weighted by molar-refractivity contribution is -0.118. The fraction of sp³-hybridized carbons (Fsp3) is 0.360. The zero-order valence-electron chi connectivity index (χ0n) is 17.2. The molecule has 0 spiro atoms. The van der Waals surface area contributed by atoms with Gasteiger partial charge in [0.15, 0.2) is 0 Å². The summed E-state index contributed by atoms with van der Waals surface area (Å²) in [5.41, 5.74) is 3.26. The first-order valence-corrected chi connectivity index (χ1v) is 10.3. The van der Waals surface area contributed by atoms with Gasteiger partial charge in [0, 0.05) is 6.04 Å². The minimum Gasteiger partial charge on any atom is -0.489 e. The van der Waals surface area contributed by atoms with Crippen molar-refractivity contribution in [1.82, 2.24) is 5.32 Å². The molecule has 0 heterocycles. The van der Waals surface area contributed by atoms with Crippen LogP contribution in [0.15, 0.2) is 54.1 Å². The topological polar surface area (TPSA) is 62.1 Å². The van der Waals surface area contributed by atoms with Crippen molar-refractivity contribution < 1.29 is 9.53 Å². The van der Waals surface area contributed by atoms with Crippen LogP contribution in [0.3, 0.4) is 0 Å². The van der Waals surface area contributed by atoms with Crippen LogP contribution in [-0.2, 0) is 11.4 Å². The second-order valence-corrected chi connectivity index (χ2v) is 7.86. The monoisotopic (exact) mass is 388 g/mol. The van der Waals surface area contributed by atoms with Crippen molar-refractivity contribution in [2.24, 2.45) is 5.92 Å².